The summed E-state index contributed by atoms with van der Waals surface area (Å²) >= 11 is 0. The summed E-state index contributed by atoms with van der Waals surface area (Å²) in [6.07, 6.45) is -3.12. The van der Waals surface area contributed by atoms with Gasteiger partial charge in [0.15, 0.2) is 6.61 Å². The lowest BCUT2D eigenvalue weighted by molar-refractivity contribution is -0.154. The molecule has 0 bridgehead atoms. The number of alkyl halides is 3. The molecule has 6 nitrogen and oxygen atoms in total. The summed E-state index contributed by atoms with van der Waals surface area (Å²) < 4.78 is 46.4. The lowest BCUT2D eigenvalue weighted by Crippen LogP contribution is -2.51. The van der Waals surface area contributed by atoms with Crippen molar-refractivity contribution in [2.75, 3.05) is 26.4 Å². The summed E-state index contributed by atoms with van der Waals surface area (Å²) in [4.78, 5) is 15.7. The van der Waals surface area contributed by atoms with Crippen LogP contribution in [0.15, 0.2) is 18.3 Å². The SMILES string of the molecule is O=C(NCc1cccnc1OCC(F)(F)F)[C@H]1COCCN1. The molecule has 1 saturated heterocycles. The molecule has 0 unspecified atom stereocenters. The largest absolute Gasteiger partial charge is 0.468 e. The molecule has 2 heterocycles. The van der Waals surface area contributed by atoms with Gasteiger partial charge in [-0.15, -0.1) is 0 Å². The van der Waals surface area contributed by atoms with Crippen LogP contribution in [0.3, 0.4) is 0 Å². The van der Waals surface area contributed by atoms with Crippen LogP contribution in [0.4, 0.5) is 13.2 Å². The monoisotopic (exact) mass is 319 g/mol. The molecule has 0 radical (unpaired) electrons. The Kier molecular flexibility index (Phi) is 5.56. The Morgan fingerprint density at radius 2 is 2.36 bits per heavy atom. The second-order valence-corrected chi connectivity index (χ2v) is 4.67. The van der Waals surface area contributed by atoms with Crippen molar-refractivity contribution in [3.05, 3.63) is 23.9 Å². The van der Waals surface area contributed by atoms with E-state index in [0.717, 1.165) is 0 Å². The number of pyridine rings is 1. The summed E-state index contributed by atoms with van der Waals surface area (Å²) in [6, 6.07) is 2.64. The smallest absolute Gasteiger partial charge is 0.422 e. The maximum atomic E-state index is 12.2. The van der Waals surface area contributed by atoms with Gasteiger partial charge in [0.05, 0.1) is 13.2 Å². The van der Waals surface area contributed by atoms with Crippen LogP contribution in [0.2, 0.25) is 0 Å². The minimum Gasteiger partial charge on any atom is -0.468 e. The zero-order valence-corrected chi connectivity index (χ0v) is 11.7. The third-order valence-corrected chi connectivity index (χ3v) is 2.91. The lowest BCUT2D eigenvalue weighted by Gasteiger charge is -2.23. The molecule has 1 aliphatic heterocycles. The second kappa shape index (κ2) is 7.41. The second-order valence-electron chi connectivity index (χ2n) is 4.67. The maximum absolute atomic E-state index is 12.2. The normalized spacial score (nSPS) is 18.8. The summed E-state index contributed by atoms with van der Waals surface area (Å²) in [5, 5.41) is 5.61. The first-order chi connectivity index (χ1) is 10.5. The van der Waals surface area contributed by atoms with Crippen molar-refractivity contribution >= 4 is 5.91 Å². The molecule has 1 amide bonds. The first-order valence-electron chi connectivity index (χ1n) is 6.68. The molecule has 1 atom stereocenters. The number of rotatable bonds is 5. The van der Waals surface area contributed by atoms with E-state index in [0.29, 0.717) is 18.7 Å². The van der Waals surface area contributed by atoms with Gasteiger partial charge in [-0.1, -0.05) is 6.07 Å². The molecular weight excluding hydrogens is 303 g/mol. The van der Waals surface area contributed by atoms with Crippen LogP contribution in [0.25, 0.3) is 0 Å². The first kappa shape index (κ1) is 16.5. The van der Waals surface area contributed by atoms with Gasteiger partial charge < -0.3 is 20.1 Å². The maximum Gasteiger partial charge on any atom is 0.422 e. The van der Waals surface area contributed by atoms with Gasteiger partial charge in [0.25, 0.3) is 0 Å². The average molecular weight is 319 g/mol. The predicted octanol–water partition coefficient (Wildman–Crippen LogP) is 0.627. The fraction of sp³-hybridized carbons (Fsp3) is 0.538. The van der Waals surface area contributed by atoms with E-state index in [1.54, 1.807) is 12.1 Å². The minimum absolute atomic E-state index is 0.0258. The molecule has 0 spiro atoms. The number of halogens is 3. The van der Waals surface area contributed by atoms with Crippen LogP contribution in [0.1, 0.15) is 5.56 Å². The highest BCUT2D eigenvalue weighted by molar-refractivity contribution is 5.82. The van der Waals surface area contributed by atoms with Gasteiger partial charge in [-0.3, -0.25) is 4.79 Å². The number of aromatic nitrogens is 1. The van der Waals surface area contributed by atoms with Gasteiger partial charge in [0.2, 0.25) is 11.8 Å². The van der Waals surface area contributed by atoms with Crippen molar-refractivity contribution < 1.29 is 27.4 Å². The van der Waals surface area contributed by atoms with Gasteiger partial charge in [-0.05, 0) is 6.07 Å². The van der Waals surface area contributed by atoms with Gasteiger partial charge in [0, 0.05) is 24.8 Å². The third-order valence-electron chi connectivity index (χ3n) is 2.91. The fourth-order valence-corrected chi connectivity index (χ4v) is 1.88. The zero-order valence-electron chi connectivity index (χ0n) is 11.7. The van der Waals surface area contributed by atoms with E-state index < -0.39 is 18.8 Å². The number of nitrogens with zero attached hydrogens (tertiary/aromatic N) is 1. The molecule has 0 saturated carbocycles. The van der Waals surface area contributed by atoms with Crippen LogP contribution in [0, 0.1) is 0 Å². The Balaban J connectivity index is 1.90. The summed E-state index contributed by atoms with van der Waals surface area (Å²) in [7, 11) is 0. The Morgan fingerprint density at radius 1 is 1.55 bits per heavy atom. The van der Waals surface area contributed by atoms with E-state index in [2.05, 4.69) is 20.4 Å². The molecule has 122 valence electrons. The molecule has 1 aromatic rings. The third kappa shape index (κ3) is 5.15. The van der Waals surface area contributed by atoms with E-state index in [1.807, 2.05) is 0 Å². The molecule has 1 fully saturated rings. The first-order valence-corrected chi connectivity index (χ1v) is 6.68. The molecule has 0 aromatic carbocycles. The average Bonchev–Trinajstić information content (AvgIpc) is 2.51. The number of hydrogen-bond acceptors (Lipinski definition) is 5. The van der Waals surface area contributed by atoms with Crippen molar-refractivity contribution in [3.8, 4) is 5.88 Å². The summed E-state index contributed by atoms with van der Waals surface area (Å²) in [6.45, 7) is -0.0237. The van der Waals surface area contributed by atoms with E-state index in [1.165, 1.54) is 6.20 Å². The van der Waals surface area contributed by atoms with Crippen LogP contribution < -0.4 is 15.4 Å². The topological polar surface area (TPSA) is 72.5 Å². The van der Waals surface area contributed by atoms with Crippen LogP contribution in [-0.4, -0.2) is 49.5 Å². The Hall–Kier alpha value is -1.87. The number of carbonyl (C=O) groups is 1. The highest BCUT2D eigenvalue weighted by Gasteiger charge is 2.29. The molecule has 2 rings (SSSR count). The number of hydrogen-bond donors (Lipinski definition) is 2. The molecule has 9 heteroatoms. The number of ether oxygens (including phenoxy) is 2. The van der Waals surface area contributed by atoms with Crippen LogP contribution >= 0.6 is 0 Å². The van der Waals surface area contributed by atoms with Crippen molar-refractivity contribution in [1.82, 2.24) is 15.6 Å². The van der Waals surface area contributed by atoms with E-state index in [4.69, 9.17) is 4.74 Å². The Morgan fingerprint density at radius 3 is 3.05 bits per heavy atom. The quantitative estimate of drug-likeness (QED) is 0.833. The van der Waals surface area contributed by atoms with Crippen molar-refractivity contribution in [2.24, 2.45) is 0 Å². The van der Waals surface area contributed by atoms with E-state index in [9.17, 15) is 18.0 Å². The van der Waals surface area contributed by atoms with Crippen LogP contribution in [0.5, 0.6) is 5.88 Å². The van der Waals surface area contributed by atoms with Crippen molar-refractivity contribution in [2.45, 2.75) is 18.8 Å². The fourth-order valence-electron chi connectivity index (χ4n) is 1.88. The highest BCUT2D eigenvalue weighted by Crippen LogP contribution is 2.19. The molecule has 22 heavy (non-hydrogen) atoms. The van der Waals surface area contributed by atoms with E-state index in [-0.39, 0.29) is 24.9 Å². The molecule has 1 aromatic heterocycles. The van der Waals surface area contributed by atoms with Gasteiger partial charge in [0.1, 0.15) is 6.04 Å². The number of amides is 1. The summed E-state index contributed by atoms with van der Waals surface area (Å²) in [5.74, 6) is -0.432. The summed E-state index contributed by atoms with van der Waals surface area (Å²) in [5.41, 5.74) is 0.372. The van der Waals surface area contributed by atoms with Gasteiger partial charge in [-0.25, -0.2) is 4.98 Å². The van der Waals surface area contributed by atoms with Gasteiger partial charge in [-0.2, -0.15) is 13.2 Å². The van der Waals surface area contributed by atoms with E-state index >= 15 is 0 Å². The lowest BCUT2D eigenvalue weighted by atomic mass is 10.2. The predicted molar refractivity (Wildman–Crippen MR) is 70.2 cm³/mol. The Bertz CT molecular complexity index is 505. The van der Waals surface area contributed by atoms with Crippen molar-refractivity contribution in [1.29, 1.82) is 0 Å². The zero-order chi connectivity index (χ0) is 16.0. The number of nitrogens with one attached hydrogen (secondary N) is 2. The molecule has 2 N–H and O–H groups in total. The van der Waals surface area contributed by atoms with Gasteiger partial charge >= 0.3 is 6.18 Å². The highest BCUT2D eigenvalue weighted by atomic mass is 19.4. The van der Waals surface area contributed by atoms with Crippen LogP contribution in [-0.2, 0) is 16.1 Å². The molecule has 1 aliphatic rings. The standard InChI is InChI=1S/C13H16F3N3O3/c14-13(15,16)8-22-12-9(2-1-3-18-12)6-19-11(20)10-7-21-5-4-17-10/h1-3,10,17H,4-8H2,(H,19,20)/t10-/m1/s1. The minimum atomic E-state index is -4.44. The Labute approximate surface area is 125 Å². The number of morpholine rings is 1. The number of carbonyl (C=O) groups excluding carboxylic acids is 1. The molecular formula is C13H16F3N3O3. The van der Waals surface area contributed by atoms with Crippen molar-refractivity contribution in [3.63, 3.8) is 0 Å². The molecule has 0 aliphatic carbocycles.